The molecule has 1 fully saturated rings. The summed E-state index contributed by atoms with van der Waals surface area (Å²) in [5, 5.41) is 4.81. The second kappa shape index (κ2) is 12.9. The minimum absolute atomic E-state index is 0.0548. The Balaban J connectivity index is 1.90. The first kappa shape index (κ1) is 27.0. The van der Waals surface area contributed by atoms with Gasteiger partial charge in [0.05, 0.1) is 11.3 Å². The number of carbonyl (C=O) groups excluding carboxylic acids is 2. The van der Waals surface area contributed by atoms with E-state index in [-0.39, 0.29) is 24.5 Å². The van der Waals surface area contributed by atoms with Gasteiger partial charge in [0, 0.05) is 30.5 Å². The Kier molecular flexibility index (Phi) is 9.96. The Morgan fingerprint density at radius 1 is 1.14 bits per heavy atom. The van der Waals surface area contributed by atoms with Crippen molar-refractivity contribution in [3.63, 3.8) is 0 Å². The second-order valence-corrected chi connectivity index (χ2v) is 9.91. The van der Waals surface area contributed by atoms with E-state index in [4.69, 9.17) is 21.2 Å². The minimum Gasteiger partial charge on any atom is -0.458 e. The van der Waals surface area contributed by atoms with E-state index < -0.39 is 5.97 Å². The van der Waals surface area contributed by atoms with Crippen LogP contribution in [0.15, 0.2) is 35.5 Å². The average molecular weight is 501 g/mol. The van der Waals surface area contributed by atoms with Gasteiger partial charge in [-0.15, -0.1) is 0 Å². The van der Waals surface area contributed by atoms with Crippen molar-refractivity contribution in [3.8, 4) is 0 Å². The number of amides is 1. The summed E-state index contributed by atoms with van der Waals surface area (Å²) >= 11 is 6.72. The van der Waals surface area contributed by atoms with Crippen LogP contribution in [0.4, 0.5) is 0 Å². The SMILES string of the molecule is Cc1cc(C)c2c(c1Cl)CC(=N/OCC(=O)N1CCCCC1)/C=C/CC/C=C/[C@H](C)[C@@H](C)OC2=O. The molecule has 0 unspecified atom stereocenters. The number of allylic oxidation sites excluding steroid dienone is 3. The van der Waals surface area contributed by atoms with Crippen LogP contribution in [-0.4, -0.2) is 48.3 Å². The topological polar surface area (TPSA) is 68.2 Å². The Morgan fingerprint density at radius 2 is 1.86 bits per heavy atom. The zero-order valence-electron chi connectivity index (χ0n) is 21.3. The summed E-state index contributed by atoms with van der Waals surface area (Å²) in [6.07, 6.45) is 13.0. The molecule has 1 aromatic rings. The Bertz CT molecular complexity index is 1010. The van der Waals surface area contributed by atoms with E-state index in [1.807, 2.05) is 50.8 Å². The van der Waals surface area contributed by atoms with Gasteiger partial charge in [-0.3, -0.25) is 4.79 Å². The number of oxime groups is 1. The first-order valence-corrected chi connectivity index (χ1v) is 12.9. The molecule has 0 aliphatic carbocycles. The summed E-state index contributed by atoms with van der Waals surface area (Å²) in [5.74, 6) is -0.354. The van der Waals surface area contributed by atoms with Crippen LogP contribution in [-0.2, 0) is 20.8 Å². The molecule has 7 heteroatoms. The number of nitrogens with zero attached hydrogens (tertiary/aromatic N) is 2. The fourth-order valence-electron chi connectivity index (χ4n) is 4.42. The van der Waals surface area contributed by atoms with Crippen molar-refractivity contribution in [2.45, 2.75) is 72.3 Å². The van der Waals surface area contributed by atoms with E-state index in [1.165, 1.54) is 0 Å². The number of benzene rings is 1. The number of likely N-dealkylation sites (tertiary alicyclic amines) is 1. The molecule has 1 aromatic carbocycles. The molecule has 6 nitrogen and oxygen atoms in total. The third-order valence-corrected chi connectivity index (χ3v) is 7.19. The summed E-state index contributed by atoms with van der Waals surface area (Å²) in [4.78, 5) is 33.1. The van der Waals surface area contributed by atoms with Gasteiger partial charge >= 0.3 is 5.97 Å². The van der Waals surface area contributed by atoms with Gasteiger partial charge in [-0.05, 0) is 75.6 Å². The molecule has 2 aliphatic heterocycles. The van der Waals surface area contributed by atoms with Crippen LogP contribution in [0.2, 0.25) is 5.02 Å². The number of esters is 1. The average Bonchev–Trinajstić information content (AvgIpc) is 2.83. The van der Waals surface area contributed by atoms with E-state index in [0.29, 0.717) is 28.3 Å². The zero-order chi connectivity index (χ0) is 25.4. The van der Waals surface area contributed by atoms with Gasteiger partial charge in [-0.25, -0.2) is 4.79 Å². The quantitative estimate of drug-likeness (QED) is 0.291. The lowest BCUT2D eigenvalue weighted by Gasteiger charge is -2.26. The molecule has 190 valence electrons. The molecule has 1 amide bonds. The van der Waals surface area contributed by atoms with Gasteiger partial charge in [-0.2, -0.15) is 0 Å². The molecule has 35 heavy (non-hydrogen) atoms. The molecule has 3 rings (SSSR count). The standard InChI is InChI=1S/C28H37ClN2O4/c1-19-12-8-5-6-9-13-23(30-34-18-25(32)31-14-10-7-11-15-31)17-24-26(28(33)35-22(19)4)20(2)16-21(3)27(24)29/h8-9,12-13,16,19,22H,5-7,10-11,14-15,17-18H2,1-4H3/b12-8+,13-9+,30-23+/t19-,22+/m0/s1. The van der Waals surface area contributed by atoms with Crippen LogP contribution in [0.1, 0.15) is 73.0 Å². The smallest absolute Gasteiger partial charge is 0.339 e. The summed E-state index contributed by atoms with van der Waals surface area (Å²) in [6, 6.07) is 1.90. The van der Waals surface area contributed by atoms with Crippen LogP contribution in [0, 0.1) is 19.8 Å². The minimum atomic E-state index is -0.395. The van der Waals surface area contributed by atoms with Crippen molar-refractivity contribution in [2.24, 2.45) is 11.1 Å². The molecule has 0 N–H and O–H groups in total. The zero-order valence-corrected chi connectivity index (χ0v) is 22.1. The fourth-order valence-corrected chi connectivity index (χ4v) is 4.63. The summed E-state index contributed by atoms with van der Waals surface area (Å²) in [5.41, 5.74) is 3.41. The van der Waals surface area contributed by atoms with Crippen LogP contribution in [0.5, 0.6) is 0 Å². The fraction of sp³-hybridized carbons (Fsp3) is 0.536. The molecule has 0 saturated carbocycles. The third kappa shape index (κ3) is 7.44. The summed E-state index contributed by atoms with van der Waals surface area (Å²) in [7, 11) is 0. The van der Waals surface area contributed by atoms with Crippen molar-refractivity contribution in [2.75, 3.05) is 19.7 Å². The first-order valence-electron chi connectivity index (χ1n) is 12.6. The van der Waals surface area contributed by atoms with Gasteiger partial charge in [0.15, 0.2) is 6.61 Å². The number of cyclic esters (lactones) is 1. The van der Waals surface area contributed by atoms with E-state index in [2.05, 4.69) is 17.3 Å². The van der Waals surface area contributed by atoms with Crippen molar-refractivity contribution >= 4 is 29.2 Å². The number of hydrogen-bond donors (Lipinski definition) is 0. The van der Waals surface area contributed by atoms with E-state index in [1.54, 1.807) is 0 Å². The highest BCUT2D eigenvalue weighted by atomic mass is 35.5. The molecule has 0 radical (unpaired) electrons. The van der Waals surface area contributed by atoms with E-state index in [9.17, 15) is 9.59 Å². The first-order chi connectivity index (χ1) is 16.8. The molecule has 0 aromatic heterocycles. The number of halogens is 1. The van der Waals surface area contributed by atoms with Gasteiger partial charge in [0.1, 0.15) is 6.10 Å². The van der Waals surface area contributed by atoms with E-state index in [0.717, 1.165) is 56.3 Å². The van der Waals surface area contributed by atoms with Gasteiger partial charge < -0.3 is 14.5 Å². The normalized spacial score (nSPS) is 24.8. The predicted octanol–water partition coefficient (Wildman–Crippen LogP) is 5.97. The lowest BCUT2D eigenvalue weighted by molar-refractivity contribution is -0.137. The highest BCUT2D eigenvalue weighted by Gasteiger charge is 2.24. The van der Waals surface area contributed by atoms with Crippen molar-refractivity contribution in [3.05, 3.63) is 57.6 Å². The molecular formula is C28H37ClN2O4. The maximum atomic E-state index is 13.3. The number of rotatable bonds is 3. The third-order valence-electron chi connectivity index (χ3n) is 6.66. The second-order valence-electron chi connectivity index (χ2n) is 9.53. The van der Waals surface area contributed by atoms with Crippen LogP contribution >= 0.6 is 11.6 Å². The predicted molar refractivity (Wildman–Crippen MR) is 140 cm³/mol. The van der Waals surface area contributed by atoms with Gasteiger partial charge in [0.2, 0.25) is 0 Å². The Labute approximate surface area is 214 Å². The molecular weight excluding hydrogens is 464 g/mol. The molecule has 2 heterocycles. The van der Waals surface area contributed by atoms with Gasteiger partial charge in [-0.1, -0.05) is 48.0 Å². The lowest BCUT2D eigenvalue weighted by atomic mass is 9.94. The Morgan fingerprint density at radius 3 is 2.60 bits per heavy atom. The monoisotopic (exact) mass is 500 g/mol. The van der Waals surface area contributed by atoms with E-state index >= 15 is 0 Å². The lowest BCUT2D eigenvalue weighted by Crippen LogP contribution is -2.37. The van der Waals surface area contributed by atoms with Crippen LogP contribution in [0.25, 0.3) is 0 Å². The number of carbonyl (C=O) groups is 2. The number of fused-ring (bicyclic) bond motifs is 1. The van der Waals surface area contributed by atoms with Gasteiger partial charge in [0.25, 0.3) is 5.91 Å². The highest BCUT2D eigenvalue weighted by Crippen LogP contribution is 2.30. The number of hydrogen-bond acceptors (Lipinski definition) is 5. The highest BCUT2D eigenvalue weighted by molar-refractivity contribution is 6.33. The summed E-state index contributed by atoms with van der Waals surface area (Å²) in [6.45, 7) is 9.19. The summed E-state index contributed by atoms with van der Waals surface area (Å²) < 4.78 is 5.84. The number of piperidine rings is 1. The number of aryl methyl sites for hydroxylation is 2. The maximum Gasteiger partial charge on any atom is 0.339 e. The molecule has 2 atom stereocenters. The Hall–Kier alpha value is -2.60. The molecule has 2 aliphatic rings. The van der Waals surface area contributed by atoms with Crippen molar-refractivity contribution < 1.29 is 19.2 Å². The largest absolute Gasteiger partial charge is 0.458 e. The van der Waals surface area contributed by atoms with Crippen molar-refractivity contribution in [1.29, 1.82) is 0 Å². The van der Waals surface area contributed by atoms with Crippen molar-refractivity contribution in [1.82, 2.24) is 4.90 Å². The van der Waals surface area contributed by atoms with Crippen LogP contribution in [0.3, 0.4) is 0 Å². The molecule has 0 spiro atoms. The maximum absolute atomic E-state index is 13.3. The number of ether oxygens (including phenoxy) is 1. The molecule has 0 bridgehead atoms. The molecule has 1 saturated heterocycles. The van der Waals surface area contributed by atoms with Crippen LogP contribution < -0.4 is 0 Å².